The van der Waals surface area contributed by atoms with E-state index in [0.29, 0.717) is 42.3 Å². The molecule has 31 heavy (non-hydrogen) atoms. The Labute approximate surface area is 190 Å². The Kier molecular flexibility index (Phi) is 7.94. The smallest absolute Gasteiger partial charge is 0.243 e. The normalized spacial score (nSPS) is 15.5. The zero-order valence-corrected chi connectivity index (χ0v) is 20.0. The summed E-state index contributed by atoms with van der Waals surface area (Å²) in [5.74, 6) is 0.966. The van der Waals surface area contributed by atoms with E-state index in [4.69, 9.17) is 14.2 Å². The predicted molar refractivity (Wildman–Crippen MR) is 117 cm³/mol. The lowest BCUT2D eigenvalue weighted by atomic mass is 10.3. The van der Waals surface area contributed by atoms with Crippen LogP contribution in [-0.2, 0) is 24.8 Å². The molecule has 0 aromatic heterocycles. The molecule has 0 unspecified atom stereocenters. The molecule has 9 nitrogen and oxygen atoms in total. The van der Waals surface area contributed by atoms with Gasteiger partial charge in [0.05, 0.1) is 34.6 Å². The van der Waals surface area contributed by atoms with Gasteiger partial charge in [-0.3, -0.25) is 0 Å². The van der Waals surface area contributed by atoms with Crippen molar-refractivity contribution < 1.29 is 31.0 Å². The lowest BCUT2D eigenvalue weighted by Crippen LogP contribution is -2.40. The number of hydrogen-bond acceptors (Lipinski definition) is 7. The fourth-order valence-electron chi connectivity index (χ4n) is 2.89. The van der Waals surface area contributed by atoms with Gasteiger partial charge < -0.3 is 14.2 Å². The molecule has 2 aromatic carbocycles. The van der Waals surface area contributed by atoms with Crippen LogP contribution in [-0.4, -0.2) is 67.7 Å². The van der Waals surface area contributed by atoms with Crippen LogP contribution in [0.1, 0.15) is 0 Å². The summed E-state index contributed by atoms with van der Waals surface area (Å²) in [7, 11) is -5.79. The molecule has 0 radical (unpaired) electrons. The molecule has 1 aliphatic heterocycles. The molecular weight excluding hydrogens is 512 g/mol. The van der Waals surface area contributed by atoms with Crippen LogP contribution < -0.4 is 14.2 Å². The van der Waals surface area contributed by atoms with Crippen LogP contribution in [0, 0.1) is 0 Å². The average Bonchev–Trinajstić information content (AvgIpc) is 2.77. The molecule has 0 saturated carbocycles. The highest BCUT2D eigenvalue weighted by Gasteiger charge is 2.26. The summed E-state index contributed by atoms with van der Waals surface area (Å²) in [4.78, 5) is 0.269. The third-order valence-electron chi connectivity index (χ3n) is 4.53. The summed E-state index contributed by atoms with van der Waals surface area (Å²) in [6, 6.07) is 10.5. The number of ether oxygens (including phenoxy) is 3. The largest absolute Gasteiger partial charge is 0.496 e. The maximum Gasteiger partial charge on any atom is 0.243 e. The van der Waals surface area contributed by atoms with Crippen LogP contribution in [0.3, 0.4) is 0 Å². The van der Waals surface area contributed by atoms with Crippen LogP contribution >= 0.6 is 15.9 Å². The molecule has 0 bridgehead atoms. The SMILES string of the molecule is COc1ccc(S(=O)(=O)NCCOc2ccc(S(=O)(=O)N3CCOCC3)cc2)cc1Br. The molecule has 3 rings (SSSR count). The minimum Gasteiger partial charge on any atom is -0.496 e. The molecule has 0 amide bonds. The van der Waals surface area contributed by atoms with Gasteiger partial charge >= 0.3 is 0 Å². The third kappa shape index (κ3) is 5.96. The van der Waals surface area contributed by atoms with Gasteiger partial charge in [-0.2, -0.15) is 4.31 Å². The molecule has 2 aromatic rings. The second-order valence-corrected chi connectivity index (χ2v) is 11.1. The molecule has 1 fully saturated rings. The quantitative estimate of drug-likeness (QED) is 0.488. The summed E-state index contributed by atoms with van der Waals surface area (Å²) in [6.45, 7) is 1.52. The van der Waals surface area contributed by atoms with E-state index in [-0.39, 0.29) is 22.9 Å². The lowest BCUT2D eigenvalue weighted by Gasteiger charge is -2.26. The maximum absolute atomic E-state index is 12.6. The molecule has 0 spiro atoms. The number of methoxy groups -OCH3 is 1. The Morgan fingerprint density at radius 2 is 1.68 bits per heavy atom. The summed E-state index contributed by atoms with van der Waals surface area (Å²) in [5, 5.41) is 0. The van der Waals surface area contributed by atoms with Crippen LogP contribution in [0.15, 0.2) is 56.7 Å². The van der Waals surface area contributed by atoms with Crippen molar-refractivity contribution in [2.75, 3.05) is 46.6 Å². The second-order valence-electron chi connectivity index (χ2n) is 6.53. The van der Waals surface area contributed by atoms with Crippen molar-refractivity contribution in [2.24, 2.45) is 0 Å². The van der Waals surface area contributed by atoms with E-state index in [2.05, 4.69) is 20.7 Å². The van der Waals surface area contributed by atoms with Gasteiger partial charge in [0.15, 0.2) is 0 Å². The van der Waals surface area contributed by atoms with Crippen molar-refractivity contribution in [3.05, 3.63) is 46.9 Å². The lowest BCUT2D eigenvalue weighted by molar-refractivity contribution is 0.0730. The molecule has 1 heterocycles. The van der Waals surface area contributed by atoms with E-state index < -0.39 is 20.0 Å². The van der Waals surface area contributed by atoms with Crippen molar-refractivity contribution >= 4 is 36.0 Å². The van der Waals surface area contributed by atoms with Crippen molar-refractivity contribution in [1.29, 1.82) is 0 Å². The van der Waals surface area contributed by atoms with E-state index in [1.807, 2.05) is 0 Å². The van der Waals surface area contributed by atoms with Gasteiger partial charge in [-0.15, -0.1) is 0 Å². The van der Waals surface area contributed by atoms with Gasteiger partial charge in [-0.25, -0.2) is 21.6 Å². The average molecular weight is 535 g/mol. The monoisotopic (exact) mass is 534 g/mol. The van der Waals surface area contributed by atoms with E-state index in [9.17, 15) is 16.8 Å². The fraction of sp³-hybridized carbons (Fsp3) is 0.368. The fourth-order valence-corrected chi connectivity index (χ4v) is 6.03. The summed E-state index contributed by atoms with van der Waals surface area (Å²) >= 11 is 3.26. The number of nitrogens with zero attached hydrogens (tertiary/aromatic N) is 1. The minimum absolute atomic E-state index is 0.0415. The first-order valence-corrected chi connectivity index (χ1v) is 13.1. The number of nitrogens with one attached hydrogen (secondary N) is 1. The molecule has 0 aliphatic carbocycles. The Morgan fingerprint density at radius 3 is 2.29 bits per heavy atom. The number of halogens is 1. The van der Waals surface area contributed by atoms with E-state index in [1.54, 1.807) is 18.2 Å². The van der Waals surface area contributed by atoms with Crippen molar-refractivity contribution in [1.82, 2.24) is 9.03 Å². The molecule has 1 saturated heterocycles. The van der Waals surface area contributed by atoms with Crippen LogP contribution in [0.4, 0.5) is 0 Å². The number of benzene rings is 2. The molecular formula is C19H23BrN2O7S2. The van der Waals surface area contributed by atoms with Gasteiger partial charge in [0.25, 0.3) is 0 Å². The Morgan fingerprint density at radius 1 is 1.03 bits per heavy atom. The van der Waals surface area contributed by atoms with E-state index >= 15 is 0 Å². The van der Waals surface area contributed by atoms with Gasteiger partial charge in [0, 0.05) is 19.6 Å². The first-order valence-electron chi connectivity index (χ1n) is 9.38. The highest BCUT2D eigenvalue weighted by molar-refractivity contribution is 9.10. The highest BCUT2D eigenvalue weighted by Crippen LogP contribution is 2.27. The maximum atomic E-state index is 12.6. The first-order chi connectivity index (χ1) is 14.7. The zero-order valence-electron chi connectivity index (χ0n) is 16.8. The minimum atomic E-state index is -3.71. The number of sulfonamides is 2. The predicted octanol–water partition coefficient (Wildman–Crippen LogP) is 1.84. The van der Waals surface area contributed by atoms with Gasteiger partial charge in [-0.05, 0) is 58.4 Å². The van der Waals surface area contributed by atoms with Crippen LogP contribution in [0.5, 0.6) is 11.5 Å². The topological polar surface area (TPSA) is 111 Å². The highest BCUT2D eigenvalue weighted by atomic mass is 79.9. The Balaban J connectivity index is 1.53. The molecule has 0 atom stereocenters. The van der Waals surface area contributed by atoms with Gasteiger partial charge in [0.2, 0.25) is 20.0 Å². The molecule has 1 N–H and O–H groups in total. The van der Waals surface area contributed by atoms with E-state index in [1.165, 1.54) is 35.7 Å². The second kappa shape index (κ2) is 10.3. The Hall–Kier alpha value is -1.70. The number of hydrogen-bond donors (Lipinski definition) is 1. The molecule has 170 valence electrons. The number of morpholine rings is 1. The summed E-state index contributed by atoms with van der Waals surface area (Å²) in [6.07, 6.45) is 0. The number of rotatable bonds is 9. The summed E-state index contributed by atoms with van der Waals surface area (Å²) in [5.41, 5.74) is 0. The summed E-state index contributed by atoms with van der Waals surface area (Å²) < 4.78 is 70.2. The van der Waals surface area contributed by atoms with Crippen molar-refractivity contribution in [3.8, 4) is 11.5 Å². The van der Waals surface area contributed by atoms with Crippen LogP contribution in [0.25, 0.3) is 0 Å². The third-order valence-corrected chi connectivity index (χ3v) is 8.52. The van der Waals surface area contributed by atoms with Crippen molar-refractivity contribution in [3.63, 3.8) is 0 Å². The van der Waals surface area contributed by atoms with Crippen molar-refractivity contribution in [2.45, 2.75) is 9.79 Å². The standard InChI is InChI=1S/C19H23BrN2O7S2/c1-27-19-7-6-17(14-18(19)20)30(23,24)21-8-11-29-15-2-4-16(5-3-15)31(25,26)22-9-12-28-13-10-22/h2-7,14,21H,8-13H2,1H3. The first kappa shape index (κ1) is 24.0. The van der Waals surface area contributed by atoms with Crippen LogP contribution in [0.2, 0.25) is 0 Å². The molecule has 1 aliphatic rings. The molecule has 12 heteroatoms. The van der Waals surface area contributed by atoms with Gasteiger partial charge in [-0.1, -0.05) is 0 Å². The van der Waals surface area contributed by atoms with E-state index in [0.717, 1.165) is 0 Å². The zero-order chi connectivity index (χ0) is 22.5. The Bertz CT molecular complexity index is 1100. The van der Waals surface area contributed by atoms with Gasteiger partial charge in [0.1, 0.15) is 18.1 Å².